The van der Waals surface area contributed by atoms with Crippen molar-refractivity contribution < 1.29 is 14.3 Å². The second kappa shape index (κ2) is 7.88. The maximum atomic E-state index is 12.2. The number of ether oxygens (including phenoxy) is 2. The number of hydrogen-bond donors (Lipinski definition) is 2. The quantitative estimate of drug-likeness (QED) is 0.839. The summed E-state index contributed by atoms with van der Waals surface area (Å²) in [6, 6.07) is 5.23. The fourth-order valence-corrected chi connectivity index (χ4v) is 2.80. The highest BCUT2D eigenvalue weighted by atomic mass is 16.5. The molecule has 0 aliphatic heterocycles. The molecule has 5 heteroatoms. The first-order chi connectivity index (χ1) is 11.3. The Balaban J connectivity index is 2.01. The Labute approximate surface area is 144 Å². The molecule has 0 spiro atoms. The molecule has 1 aromatic carbocycles. The first kappa shape index (κ1) is 18.6. The summed E-state index contributed by atoms with van der Waals surface area (Å²) in [5.74, 6) is 1.33. The number of benzene rings is 1. The second-order valence-electron chi connectivity index (χ2n) is 7.57. The Morgan fingerprint density at radius 1 is 1.29 bits per heavy atom. The third-order valence-electron chi connectivity index (χ3n) is 4.51. The Morgan fingerprint density at radius 3 is 2.54 bits per heavy atom. The van der Waals surface area contributed by atoms with Crippen molar-refractivity contribution >= 4 is 5.91 Å². The van der Waals surface area contributed by atoms with Crippen molar-refractivity contribution in [2.24, 2.45) is 11.1 Å². The molecule has 1 saturated carbocycles. The van der Waals surface area contributed by atoms with E-state index in [1.807, 2.05) is 39.0 Å². The van der Waals surface area contributed by atoms with Crippen LogP contribution in [0.25, 0.3) is 0 Å². The molecule has 1 aliphatic carbocycles. The lowest BCUT2D eigenvalue weighted by atomic mass is 9.87. The van der Waals surface area contributed by atoms with Gasteiger partial charge in [-0.15, -0.1) is 0 Å². The van der Waals surface area contributed by atoms with Gasteiger partial charge in [-0.2, -0.15) is 0 Å². The van der Waals surface area contributed by atoms with E-state index in [0.717, 1.165) is 29.9 Å². The van der Waals surface area contributed by atoms with E-state index in [1.54, 1.807) is 7.11 Å². The first-order valence-electron chi connectivity index (χ1n) is 8.68. The minimum absolute atomic E-state index is 0.142. The summed E-state index contributed by atoms with van der Waals surface area (Å²) >= 11 is 0. The zero-order valence-electron chi connectivity index (χ0n) is 15.2. The van der Waals surface area contributed by atoms with Gasteiger partial charge in [0.05, 0.1) is 19.3 Å². The van der Waals surface area contributed by atoms with Gasteiger partial charge in [0.2, 0.25) is 5.91 Å². The van der Waals surface area contributed by atoms with Gasteiger partial charge in [-0.25, -0.2) is 0 Å². The van der Waals surface area contributed by atoms with E-state index in [-0.39, 0.29) is 17.4 Å². The van der Waals surface area contributed by atoms with E-state index in [0.29, 0.717) is 6.54 Å². The lowest BCUT2D eigenvalue weighted by Gasteiger charge is -2.25. The smallest absolute Gasteiger partial charge is 0.237 e. The van der Waals surface area contributed by atoms with Crippen LogP contribution in [-0.4, -0.2) is 25.2 Å². The topological polar surface area (TPSA) is 73.6 Å². The van der Waals surface area contributed by atoms with Crippen molar-refractivity contribution in [3.63, 3.8) is 0 Å². The highest BCUT2D eigenvalue weighted by Gasteiger charge is 2.27. The maximum Gasteiger partial charge on any atom is 0.237 e. The van der Waals surface area contributed by atoms with Crippen LogP contribution < -0.4 is 20.5 Å². The number of carbonyl (C=O) groups is 1. The van der Waals surface area contributed by atoms with Gasteiger partial charge >= 0.3 is 0 Å². The number of nitrogens with one attached hydrogen (secondary N) is 1. The Bertz CT molecular complexity index is 560. The summed E-state index contributed by atoms with van der Waals surface area (Å²) in [5.41, 5.74) is 6.69. The summed E-state index contributed by atoms with van der Waals surface area (Å²) in [5, 5.41) is 2.90. The summed E-state index contributed by atoms with van der Waals surface area (Å²) in [4.78, 5) is 12.2. The van der Waals surface area contributed by atoms with Crippen LogP contribution in [0.2, 0.25) is 0 Å². The molecular weight excluding hydrogens is 304 g/mol. The third-order valence-corrected chi connectivity index (χ3v) is 4.51. The van der Waals surface area contributed by atoms with Gasteiger partial charge in [0, 0.05) is 6.54 Å². The number of amides is 1. The highest BCUT2D eigenvalue weighted by Crippen LogP contribution is 2.32. The average Bonchev–Trinajstić information content (AvgIpc) is 3.04. The fourth-order valence-electron chi connectivity index (χ4n) is 2.80. The zero-order chi connectivity index (χ0) is 17.7. The molecular formula is C19H30N2O3. The number of carbonyl (C=O) groups excluding carboxylic acids is 1. The molecule has 1 fully saturated rings. The largest absolute Gasteiger partial charge is 0.493 e. The molecule has 0 bridgehead atoms. The van der Waals surface area contributed by atoms with Crippen molar-refractivity contribution in [3.05, 3.63) is 23.8 Å². The Morgan fingerprint density at radius 2 is 1.96 bits per heavy atom. The summed E-state index contributed by atoms with van der Waals surface area (Å²) in [6.07, 6.45) is 4.87. The maximum absolute atomic E-state index is 12.2. The van der Waals surface area contributed by atoms with E-state index in [4.69, 9.17) is 15.2 Å². The van der Waals surface area contributed by atoms with E-state index in [9.17, 15) is 4.79 Å². The van der Waals surface area contributed by atoms with Crippen molar-refractivity contribution in [3.8, 4) is 11.5 Å². The lowest BCUT2D eigenvalue weighted by molar-refractivity contribution is -0.124. The van der Waals surface area contributed by atoms with Gasteiger partial charge in [-0.05, 0) is 48.8 Å². The standard InChI is InChI=1S/C19H30N2O3/c1-19(2,3)17(20)18(22)21-12-13-9-10-15(23-4)16(11-13)24-14-7-5-6-8-14/h9-11,14,17H,5-8,12,20H2,1-4H3,(H,21,22)/t17-/m1/s1. The molecule has 1 aliphatic rings. The molecule has 24 heavy (non-hydrogen) atoms. The normalized spacial score (nSPS) is 16.7. The van der Waals surface area contributed by atoms with Crippen molar-refractivity contribution in [2.75, 3.05) is 7.11 Å². The molecule has 1 amide bonds. The molecule has 1 aromatic rings. The monoisotopic (exact) mass is 334 g/mol. The van der Waals surface area contributed by atoms with Gasteiger partial charge in [0.25, 0.3) is 0 Å². The summed E-state index contributed by atoms with van der Waals surface area (Å²) < 4.78 is 11.5. The molecule has 0 radical (unpaired) electrons. The molecule has 134 valence electrons. The van der Waals surface area contributed by atoms with Crippen molar-refractivity contribution in [1.82, 2.24) is 5.32 Å². The molecule has 5 nitrogen and oxygen atoms in total. The molecule has 0 saturated heterocycles. The number of hydrogen-bond acceptors (Lipinski definition) is 4. The lowest BCUT2D eigenvalue weighted by Crippen LogP contribution is -2.48. The van der Waals surface area contributed by atoms with Crippen LogP contribution in [-0.2, 0) is 11.3 Å². The number of methoxy groups -OCH3 is 1. The predicted molar refractivity (Wildman–Crippen MR) is 95.2 cm³/mol. The predicted octanol–water partition coefficient (Wildman–Crippen LogP) is 3.01. The van der Waals surface area contributed by atoms with Gasteiger partial charge in [-0.3, -0.25) is 4.79 Å². The fraction of sp³-hybridized carbons (Fsp3) is 0.632. The van der Waals surface area contributed by atoms with Crippen molar-refractivity contribution in [2.45, 2.75) is 65.1 Å². The zero-order valence-corrected chi connectivity index (χ0v) is 15.2. The van der Waals surface area contributed by atoms with E-state index in [1.165, 1.54) is 12.8 Å². The minimum atomic E-state index is -0.537. The van der Waals surface area contributed by atoms with Gasteiger partial charge in [0.15, 0.2) is 11.5 Å². The average molecular weight is 334 g/mol. The minimum Gasteiger partial charge on any atom is -0.493 e. The van der Waals surface area contributed by atoms with E-state index in [2.05, 4.69) is 5.32 Å². The second-order valence-corrected chi connectivity index (χ2v) is 7.57. The van der Waals surface area contributed by atoms with E-state index >= 15 is 0 Å². The number of nitrogens with two attached hydrogens (primary N) is 1. The molecule has 0 aromatic heterocycles. The molecule has 3 N–H and O–H groups in total. The van der Waals surface area contributed by atoms with Gasteiger partial charge in [-0.1, -0.05) is 26.8 Å². The SMILES string of the molecule is COc1ccc(CNC(=O)[C@@H](N)C(C)(C)C)cc1OC1CCCC1. The van der Waals surface area contributed by atoms with E-state index < -0.39 is 6.04 Å². The van der Waals surface area contributed by atoms with Gasteiger partial charge < -0.3 is 20.5 Å². The van der Waals surface area contributed by atoms with Crippen LogP contribution in [0, 0.1) is 5.41 Å². The Hall–Kier alpha value is -1.75. The number of rotatable bonds is 6. The van der Waals surface area contributed by atoms with Crippen LogP contribution in [0.15, 0.2) is 18.2 Å². The highest BCUT2D eigenvalue weighted by molar-refractivity contribution is 5.82. The van der Waals surface area contributed by atoms with Crippen LogP contribution in [0.3, 0.4) is 0 Å². The van der Waals surface area contributed by atoms with Crippen LogP contribution >= 0.6 is 0 Å². The van der Waals surface area contributed by atoms with Crippen LogP contribution in [0.4, 0.5) is 0 Å². The summed E-state index contributed by atoms with van der Waals surface area (Å²) in [6.45, 7) is 6.29. The summed E-state index contributed by atoms with van der Waals surface area (Å²) in [7, 11) is 1.64. The molecule has 0 unspecified atom stereocenters. The first-order valence-corrected chi connectivity index (χ1v) is 8.68. The van der Waals surface area contributed by atoms with Gasteiger partial charge in [0.1, 0.15) is 0 Å². The molecule has 0 heterocycles. The Kier molecular flexibility index (Phi) is 6.10. The third kappa shape index (κ3) is 4.87. The van der Waals surface area contributed by atoms with Crippen LogP contribution in [0.5, 0.6) is 11.5 Å². The molecule has 2 rings (SSSR count). The van der Waals surface area contributed by atoms with Crippen LogP contribution in [0.1, 0.15) is 52.0 Å². The molecule has 1 atom stereocenters. The van der Waals surface area contributed by atoms with Crippen molar-refractivity contribution in [1.29, 1.82) is 0 Å².